The zero-order valence-electron chi connectivity index (χ0n) is 11.1. The molecular weight excluding hydrogens is 210 g/mol. The van der Waals surface area contributed by atoms with Crippen molar-refractivity contribution in [1.29, 1.82) is 0 Å². The Morgan fingerprint density at radius 1 is 1.29 bits per heavy atom. The Morgan fingerprint density at radius 3 is 2.65 bits per heavy atom. The molecule has 94 valence electrons. The van der Waals surface area contributed by atoms with E-state index in [1.807, 2.05) is 6.20 Å². The predicted molar refractivity (Wildman–Crippen MR) is 69.5 cm³/mol. The fourth-order valence-corrected chi connectivity index (χ4v) is 3.14. The molecule has 0 aliphatic heterocycles. The van der Waals surface area contributed by atoms with Crippen LogP contribution in [0.4, 0.5) is 0 Å². The van der Waals surface area contributed by atoms with Crippen molar-refractivity contribution in [2.75, 3.05) is 0 Å². The summed E-state index contributed by atoms with van der Waals surface area (Å²) in [5.74, 6) is 1.27. The van der Waals surface area contributed by atoms with Gasteiger partial charge in [0, 0.05) is 30.0 Å². The highest BCUT2D eigenvalue weighted by atomic mass is 14.8. The molecule has 2 rings (SSSR count). The Kier molecular flexibility index (Phi) is 3.48. The highest BCUT2D eigenvalue weighted by molar-refractivity contribution is 5.14. The van der Waals surface area contributed by atoms with Crippen molar-refractivity contribution in [3.63, 3.8) is 0 Å². The van der Waals surface area contributed by atoms with E-state index in [9.17, 15) is 0 Å². The molecule has 1 saturated carbocycles. The molecule has 1 aliphatic rings. The lowest BCUT2D eigenvalue weighted by Crippen LogP contribution is -2.46. The number of nitrogens with zero attached hydrogens (tertiary/aromatic N) is 2. The number of aromatic nitrogens is 2. The maximum atomic E-state index is 6.34. The van der Waals surface area contributed by atoms with E-state index in [0.29, 0.717) is 5.92 Å². The molecule has 1 aromatic heterocycles. The van der Waals surface area contributed by atoms with Crippen LogP contribution in [0.15, 0.2) is 18.6 Å². The van der Waals surface area contributed by atoms with E-state index >= 15 is 0 Å². The summed E-state index contributed by atoms with van der Waals surface area (Å²) in [4.78, 5) is 8.64. The zero-order chi connectivity index (χ0) is 12.5. The van der Waals surface area contributed by atoms with E-state index in [-0.39, 0.29) is 11.5 Å². The van der Waals surface area contributed by atoms with Gasteiger partial charge in [0.1, 0.15) is 0 Å². The van der Waals surface area contributed by atoms with Gasteiger partial charge in [-0.3, -0.25) is 9.97 Å². The smallest absolute Gasteiger partial charge is 0.0646 e. The van der Waals surface area contributed by atoms with Crippen LogP contribution in [-0.4, -0.2) is 16.0 Å². The van der Waals surface area contributed by atoms with Crippen LogP contribution in [0, 0.1) is 11.8 Å². The summed E-state index contributed by atoms with van der Waals surface area (Å²) in [5, 5.41) is 0. The largest absolute Gasteiger partial charge is 0.327 e. The molecule has 1 heterocycles. The molecule has 3 atom stereocenters. The minimum Gasteiger partial charge on any atom is -0.327 e. The van der Waals surface area contributed by atoms with E-state index < -0.39 is 0 Å². The lowest BCUT2D eigenvalue weighted by atomic mass is 9.65. The lowest BCUT2D eigenvalue weighted by Gasteiger charge is -2.42. The van der Waals surface area contributed by atoms with Gasteiger partial charge in [-0.05, 0) is 24.7 Å². The van der Waals surface area contributed by atoms with Crippen molar-refractivity contribution < 1.29 is 0 Å². The van der Waals surface area contributed by atoms with Crippen LogP contribution < -0.4 is 5.73 Å². The SMILES string of the molecule is CC1CCC(C(C)(C)c2cnccn2)C(N)C1. The molecule has 1 aromatic rings. The Morgan fingerprint density at radius 2 is 2.06 bits per heavy atom. The molecule has 0 saturated heterocycles. The highest BCUT2D eigenvalue weighted by Gasteiger charge is 2.39. The van der Waals surface area contributed by atoms with Crippen molar-refractivity contribution in [1.82, 2.24) is 9.97 Å². The van der Waals surface area contributed by atoms with E-state index in [1.165, 1.54) is 12.8 Å². The van der Waals surface area contributed by atoms with Gasteiger partial charge in [0.15, 0.2) is 0 Å². The van der Waals surface area contributed by atoms with Crippen LogP contribution in [0.2, 0.25) is 0 Å². The van der Waals surface area contributed by atoms with E-state index in [2.05, 4.69) is 30.7 Å². The first-order chi connectivity index (χ1) is 8.01. The van der Waals surface area contributed by atoms with Crippen LogP contribution in [-0.2, 0) is 5.41 Å². The first-order valence-corrected chi connectivity index (χ1v) is 6.54. The van der Waals surface area contributed by atoms with Crippen LogP contribution in [0.25, 0.3) is 0 Å². The zero-order valence-corrected chi connectivity index (χ0v) is 11.1. The number of hydrogen-bond donors (Lipinski definition) is 1. The third-order valence-electron chi connectivity index (χ3n) is 4.31. The molecule has 0 bridgehead atoms. The van der Waals surface area contributed by atoms with Gasteiger partial charge >= 0.3 is 0 Å². The Labute approximate surface area is 104 Å². The molecule has 0 amide bonds. The quantitative estimate of drug-likeness (QED) is 0.854. The average molecular weight is 233 g/mol. The molecule has 2 N–H and O–H groups in total. The van der Waals surface area contributed by atoms with Gasteiger partial charge in [-0.25, -0.2) is 0 Å². The second-order valence-electron chi connectivity index (χ2n) is 6.00. The summed E-state index contributed by atoms with van der Waals surface area (Å²) in [6.45, 7) is 6.79. The van der Waals surface area contributed by atoms with Crippen LogP contribution in [0.3, 0.4) is 0 Å². The summed E-state index contributed by atoms with van der Waals surface area (Å²) in [6.07, 6.45) is 8.99. The summed E-state index contributed by atoms with van der Waals surface area (Å²) < 4.78 is 0. The molecule has 0 radical (unpaired) electrons. The standard InChI is InChI=1S/C14H23N3/c1-10-4-5-11(12(15)8-10)14(2,3)13-9-16-6-7-17-13/h6-7,9-12H,4-5,8,15H2,1-3H3. The van der Waals surface area contributed by atoms with Gasteiger partial charge in [-0.2, -0.15) is 0 Å². The third-order valence-corrected chi connectivity index (χ3v) is 4.31. The first kappa shape index (κ1) is 12.5. The molecule has 3 nitrogen and oxygen atoms in total. The van der Waals surface area contributed by atoms with Crippen molar-refractivity contribution in [3.8, 4) is 0 Å². The van der Waals surface area contributed by atoms with Crippen LogP contribution in [0.5, 0.6) is 0 Å². The number of hydrogen-bond acceptors (Lipinski definition) is 3. The molecule has 3 heteroatoms. The first-order valence-electron chi connectivity index (χ1n) is 6.54. The van der Waals surface area contributed by atoms with Gasteiger partial charge in [-0.15, -0.1) is 0 Å². The number of nitrogens with two attached hydrogens (primary N) is 1. The molecule has 17 heavy (non-hydrogen) atoms. The highest BCUT2D eigenvalue weighted by Crippen LogP contribution is 2.40. The summed E-state index contributed by atoms with van der Waals surface area (Å²) in [6, 6.07) is 0.288. The Balaban J connectivity index is 2.21. The van der Waals surface area contributed by atoms with Gasteiger partial charge in [0.2, 0.25) is 0 Å². The average Bonchev–Trinajstić information content (AvgIpc) is 2.29. The van der Waals surface area contributed by atoms with Crippen LogP contribution >= 0.6 is 0 Å². The summed E-state index contributed by atoms with van der Waals surface area (Å²) in [5.41, 5.74) is 7.43. The Bertz CT molecular complexity index is 361. The van der Waals surface area contributed by atoms with Crippen molar-refractivity contribution in [2.24, 2.45) is 17.6 Å². The van der Waals surface area contributed by atoms with Crippen molar-refractivity contribution in [2.45, 2.75) is 51.5 Å². The molecule has 1 aliphatic carbocycles. The minimum absolute atomic E-state index is 0.0216. The minimum atomic E-state index is 0.0216. The monoisotopic (exact) mass is 233 g/mol. The predicted octanol–water partition coefficient (Wildman–Crippen LogP) is 2.52. The van der Waals surface area contributed by atoms with Crippen LogP contribution in [0.1, 0.15) is 45.7 Å². The molecule has 0 spiro atoms. The van der Waals surface area contributed by atoms with E-state index in [0.717, 1.165) is 18.0 Å². The molecule has 0 aromatic carbocycles. The second kappa shape index (κ2) is 4.73. The van der Waals surface area contributed by atoms with Gasteiger partial charge in [-0.1, -0.05) is 27.2 Å². The fraction of sp³-hybridized carbons (Fsp3) is 0.714. The van der Waals surface area contributed by atoms with E-state index in [4.69, 9.17) is 5.73 Å². The summed E-state index contributed by atoms with van der Waals surface area (Å²) >= 11 is 0. The lowest BCUT2D eigenvalue weighted by molar-refractivity contribution is 0.168. The van der Waals surface area contributed by atoms with E-state index in [1.54, 1.807) is 12.4 Å². The molecule has 1 fully saturated rings. The molecule has 3 unspecified atom stereocenters. The van der Waals surface area contributed by atoms with Crippen molar-refractivity contribution in [3.05, 3.63) is 24.3 Å². The maximum Gasteiger partial charge on any atom is 0.0646 e. The number of rotatable bonds is 2. The fourth-order valence-electron chi connectivity index (χ4n) is 3.14. The van der Waals surface area contributed by atoms with Crippen molar-refractivity contribution >= 4 is 0 Å². The van der Waals surface area contributed by atoms with Gasteiger partial charge in [0.05, 0.1) is 5.69 Å². The third kappa shape index (κ3) is 2.49. The molecular formula is C14H23N3. The topological polar surface area (TPSA) is 51.8 Å². The van der Waals surface area contributed by atoms with Gasteiger partial charge < -0.3 is 5.73 Å². The normalized spacial score (nSPS) is 30.2. The maximum absolute atomic E-state index is 6.34. The second-order valence-corrected chi connectivity index (χ2v) is 6.00. The van der Waals surface area contributed by atoms with Gasteiger partial charge in [0.25, 0.3) is 0 Å². The Hall–Kier alpha value is -0.960. The summed E-state index contributed by atoms with van der Waals surface area (Å²) in [7, 11) is 0.